The summed E-state index contributed by atoms with van der Waals surface area (Å²) in [7, 11) is 0. The largest absolute Gasteiger partial charge is 0.577 e. The van der Waals surface area contributed by atoms with Gasteiger partial charge in [0.15, 0.2) is 0 Å². The number of hydrogen-bond donors (Lipinski definition) is 0. The fourth-order valence-corrected chi connectivity index (χ4v) is 0. The average molecular weight is 317 g/mol. The first-order chi connectivity index (χ1) is 6.20. The van der Waals surface area contributed by atoms with Crippen molar-refractivity contribution in [3.05, 3.63) is 56.5 Å². The van der Waals surface area contributed by atoms with E-state index in [4.69, 9.17) is 56.5 Å². The van der Waals surface area contributed by atoms with E-state index in [-0.39, 0.29) is 19.5 Å². The van der Waals surface area contributed by atoms with Gasteiger partial charge in [-0.2, -0.15) is 0 Å². The summed E-state index contributed by atoms with van der Waals surface area (Å²) in [5, 5.41) is 44.2. The second-order valence-electron chi connectivity index (χ2n) is 0.671. The molecule has 0 fully saturated rings. The molecule has 0 aromatic heterocycles. The third kappa shape index (κ3) is 241. The Labute approximate surface area is 92.0 Å². The molecule has 0 spiro atoms. The topological polar surface area (TPSA) is 238 Å². The summed E-state index contributed by atoms with van der Waals surface area (Å²) in [5.74, 6) is 0. The molecule has 15 heteroatoms. The van der Waals surface area contributed by atoms with Crippen LogP contribution in [0, 0.1) is 50.9 Å². The van der Waals surface area contributed by atoms with Gasteiger partial charge in [-0.3, -0.25) is 0 Å². The second kappa shape index (κ2) is 29.7. The zero-order valence-corrected chi connectivity index (χ0v) is 7.96. The normalized spacial score (nSPS) is 5.07. The zero-order valence-electron chi connectivity index (χ0n) is 6.22. The SMILES string of the molecule is O=[N+]([O-])[O-].O=[N+]([O-])[O-].O=[N+]([O-])[O-].[N-]=O.[Ru]. The van der Waals surface area contributed by atoms with E-state index in [0.29, 0.717) is 0 Å². The smallest absolute Gasteiger partial charge is 0.0689 e. The molecule has 0 amide bonds. The van der Waals surface area contributed by atoms with Crippen molar-refractivity contribution in [3.8, 4) is 0 Å². The molecule has 92 valence electrons. The molecule has 0 unspecified atom stereocenters. The molecule has 0 heterocycles. The first-order valence-electron chi connectivity index (χ1n) is 1.83. The maximum atomic E-state index is 8.25. The van der Waals surface area contributed by atoms with Crippen molar-refractivity contribution in [2.24, 2.45) is 0 Å². The molecule has 0 aliphatic heterocycles. The monoisotopic (exact) mass is 318 g/mol. The Kier molecular flexibility index (Phi) is 58.1. The molecule has 15 heavy (non-hydrogen) atoms. The van der Waals surface area contributed by atoms with Gasteiger partial charge in [-0.05, 0) is 0 Å². The van der Waals surface area contributed by atoms with E-state index in [1.54, 1.807) is 0 Å². The quantitative estimate of drug-likeness (QED) is 0.318. The second-order valence-corrected chi connectivity index (χ2v) is 0.671. The van der Waals surface area contributed by atoms with E-state index < -0.39 is 15.3 Å². The third-order valence-electron chi connectivity index (χ3n) is 0. The Balaban J connectivity index is -0.0000000298. The summed E-state index contributed by atoms with van der Waals surface area (Å²) in [6.45, 7) is 0. The molecular weight excluding hydrogens is 317 g/mol. The van der Waals surface area contributed by atoms with Crippen LogP contribution in [0.1, 0.15) is 0 Å². The van der Waals surface area contributed by atoms with Gasteiger partial charge in [0.05, 0.1) is 15.3 Å². The summed E-state index contributed by atoms with van der Waals surface area (Å²) in [5.41, 5.74) is 5.75. The van der Waals surface area contributed by atoms with Crippen LogP contribution in [0.4, 0.5) is 0 Å². The van der Waals surface area contributed by atoms with Gasteiger partial charge >= 0.3 is 0 Å². The number of hydrogen-bond acceptors (Lipinski definition) is 10. The maximum Gasteiger partial charge on any atom is 0.0689 e. The molecule has 0 rings (SSSR count). The minimum Gasteiger partial charge on any atom is -0.577 e. The third-order valence-corrected chi connectivity index (χ3v) is 0. The summed E-state index contributed by atoms with van der Waals surface area (Å²) < 4.78 is 0. The standard InChI is InChI=1S/3NO3.NO.Ru/c3*2-1(3)4;1-2;/q4*-1;. The molecule has 0 saturated heterocycles. The molecule has 0 radical (unpaired) electrons. The van der Waals surface area contributed by atoms with Gasteiger partial charge < -0.3 is 56.5 Å². The van der Waals surface area contributed by atoms with Crippen molar-refractivity contribution in [2.45, 2.75) is 0 Å². The fourth-order valence-electron chi connectivity index (χ4n) is 0. The van der Waals surface area contributed by atoms with Gasteiger partial charge in [0, 0.05) is 19.5 Å². The van der Waals surface area contributed by atoms with Gasteiger partial charge in [0.2, 0.25) is 0 Å². The Bertz CT molecular complexity index is 126. The Morgan fingerprint density at radius 3 is 0.600 bits per heavy atom. The van der Waals surface area contributed by atoms with E-state index in [9.17, 15) is 0 Å². The van der Waals surface area contributed by atoms with E-state index in [0.717, 1.165) is 0 Å². The Morgan fingerprint density at radius 1 is 0.600 bits per heavy atom. The van der Waals surface area contributed by atoms with Crippen LogP contribution in [0.3, 0.4) is 0 Å². The van der Waals surface area contributed by atoms with Gasteiger partial charge in [0.1, 0.15) is 0 Å². The molecular formula is N4O10Ru-4. The first kappa shape index (κ1) is 29.3. The average Bonchev–Trinajstić information content (AvgIpc) is 1.86. The molecule has 0 saturated carbocycles. The van der Waals surface area contributed by atoms with Crippen LogP contribution in [-0.4, -0.2) is 15.3 Å². The first-order valence-corrected chi connectivity index (χ1v) is 1.83. The van der Waals surface area contributed by atoms with Crippen molar-refractivity contribution in [1.82, 2.24) is 0 Å². The van der Waals surface area contributed by atoms with Crippen LogP contribution in [0.15, 0.2) is 0 Å². The van der Waals surface area contributed by atoms with E-state index >= 15 is 0 Å². The predicted octanol–water partition coefficient (Wildman–Crippen LogP) is -0.398. The van der Waals surface area contributed by atoms with E-state index in [1.807, 2.05) is 0 Å². The van der Waals surface area contributed by atoms with E-state index in [2.05, 4.69) is 0 Å². The van der Waals surface area contributed by atoms with Crippen LogP contribution < -0.4 is 0 Å². The van der Waals surface area contributed by atoms with Crippen LogP contribution in [-0.2, 0) is 19.5 Å². The van der Waals surface area contributed by atoms with Crippen molar-refractivity contribution in [1.29, 1.82) is 0 Å². The van der Waals surface area contributed by atoms with E-state index in [1.165, 1.54) is 0 Å². The van der Waals surface area contributed by atoms with Crippen molar-refractivity contribution in [3.63, 3.8) is 0 Å². The van der Waals surface area contributed by atoms with Gasteiger partial charge in [-0.15, -0.1) is 0 Å². The predicted molar refractivity (Wildman–Crippen MR) is 37.8 cm³/mol. The fraction of sp³-hybridized carbons (Fsp3) is 0. The van der Waals surface area contributed by atoms with Crippen molar-refractivity contribution in [2.75, 3.05) is 0 Å². The summed E-state index contributed by atoms with van der Waals surface area (Å²) in [6, 6.07) is 0. The molecule has 0 N–H and O–H groups in total. The number of nitrogens with zero attached hydrogens (tertiary/aromatic N) is 4. The summed E-state index contributed by atoms with van der Waals surface area (Å²) in [6.07, 6.45) is 0. The van der Waals surface area contributed by atoms with Crippen LogP contribution in [0.2, 0.25) is 0 Å². The number of nitroso groups, excluding NO2 is 1. The van der Waals surface area contributed by atoms with Crippen LogP contribution in [0.25, 0.3) is 5.59 Å². The Morgan fingerprint density at radius 2 is 0.600 bits per heavy atom. The van der Waals surface area contributed by atoms with Gasteiger partial charge in [-0.25, -0.2) is 0 Å². The minimum atomic E-state index is -1.75. The van der Waals surface area contributed by atoms with Crippen LogP contribution in [0.5, 0.6) is 0 Å². The molecule has 0 aliphatic rings. The molecule has 0 aromatic rings. The molecule has 0 aromatic carbocycles. The van der Waals surface area contributed by atoms with Gasteiger partial charge in [-0.1, -0.05) is 0 Å². The number of rotatable bonds is 0. The van der Waals surface area contributed by atoms with Crippen molar-refractivity contribution >= 4 is 0 Å². The summed E-state index contributed by atoms with van der Waals surface area (Å²) in [4.78, 5) is 32.0. The molecule has 14 nitrogen and oxygen atoms in total. The minimum absolute atomic E-state index is 0. The molecule has 0 atom stereocenters. The molecule has 0 aliphatic carbocycles. The summed E-state index contributed by atoms with van der Waals surface area (Å²) >= 11 is 0. The molecule has 0 bridgehead atoms. The zero-order chi connectivity index (χ0) is 12.7. The van der Waals surface area contributed by atoms with Gasteiger partial charge in [0.25, 0.3) is 0 Å². The Hall–Kier alpha value is -2.18. The van der Waals surface area contributed by atoms with Crippen LogP contribution >= 0.6 is 0 Å². The van der Waals surface area contributed by atoms with Crippen molar-refractivity contribution < 1.29 is 34.7 Å². The maximum absolute atomic E-state index is 8.25.